The predicted octanol–water partition coefficient (Wildman–Crippen LogP) is 7.17. The lowest BCUT2D eigenvalue weighted by molar-refractivity contribution is 0.0604. The highest BCUT2D eigenvalue weighted by Crippen LogP contribution is 2.40. The van der Waals surface area contributed by atoms with E-state index in [0.717, 1.165) is 65.8 Å². The lowest BCUT2D eigenvalue weighted by Crippen LogP contribution is -2.44. The first-order valence-electron chi connectivity index (χ1n) is 13.9. The summed E-state index contributed by atoms with van der Waals surface area (Å²) in [5.41, 5.74) is 8.34. The third-order valence-corrected chi connectivity index (χ3v) is 9.56. The molecule has 1 fully saturated rings. The van der Waals surface area contributed by atoms with Crippen molar-refractivity contribution in [2.24, 2.45) is 5.73 Å². The van der Waals surface area contributed by atoms with Crippen molar-refractivity contribution in [2.75, 3.05) is 13.7 Å². The predicted molar refractivity (Wildman–Crippen MR) is 163 cm³/mol. The lowest BCUT2D eigenvalue weighted by atomic mass is 9.89. The number of benzene rings is 3. The van der Waals surface area contributed by atoms with Crippen LogP contribution in [0.15, 0.2) is 54.6 Å². The van der Waals surface area contributed by atoms with E-state index in [1.54, 1.807) is 17.0 Å². The standard InChI is InChI=1S/C32H32ClF2N3O3S/c1-3-41-26-15-8-20(18-4-6-19(7-5-18)31(36)39)16-21(26)17-38(23-11-9-22(37-2)10-12-23)32(40)30-28(33)27-24(34)13-14-25(35)29(27)42-30/h4-8,13-16,22-23,37H,3,9-12,17H2,1-2H3,(H2,36,39). The highest BCUT2D eigenvalue weighted by molar-refractivity contribution is 7.21. The number of nitrogens with two attached hydrogens (primary N) is 1. The van der Waals surface area contributed by atoms with Gasteiger partial charge in [-0.2, -0.15) is 0 Å². The number of primary amides is 1. The van der Waals surface area contributed by atoms with E-state index in [9.17, 15) is 18.4 Å². The van der Waals surface area contributed by atoms with Crippen molar-refractivity contribution in [3.8, 4) is 16.9 Å². The molecule has 220 valence electrons. The number of hydrogen-bond acceptors (Lipinski definition) is 5. The normalized spacial score (nSPS) is 16.9. The van der Waals surface area contributed by atoms with Crippen molar-refractivity contribution in [1.29, 1.82) is 0 Å². The van der Waals surface area contributed by atoms with E-state index in [1.807, 2.05) is 44.3 Å². The largest absolute Gasteiger partial charge is 0.494 e. The van der Waals surface area contributed by atoms with Crippen LogP contribution in [-0.2, 0) is 6.54 Å². The Labute approximate surface area is 252 Å². The maximum atomic E-state index is 14.7. The molecular weight excluding hydrogens is 580 g/mol. The van der Waals surface area contributed by atoms with Gasteiger partial charge in [0, 0.05) is 29.8 Å². The van der Waals surface area contributed by atoms with Gasteiger partial charge in [0.15, 0.2) is 0 Å². The Morgan fingerprint density at radius 1 is 1.02 bits per heavy atom. The van der Waals surface area contributed by atoms with Crippen LogP contribution in [0.5, 0.6) is 5.75 Å². The van der Waals surface area contributed by atoms with Gasteiger partial charge in [0.1, 0.15) is 22.3 Å². The number of hydrogen-bond donors (Lipinski definition) is 2. The molecule has 0 unspecified atom stereocenters. The van der Waals surface area contributed by atoms with Gasteiger partial charge in [-0.25, -0.2) is 8.78 Å². The van der Waals surface area contributed by atoms with Gasteiger partial charge in [0.2, 0.25) is 5.91 Å². The number of halogens is 3. The molecule has 1 heterocycles. The van der Waals surface area contributed by atoms with Crippen molar-refractivity contribution < 1.29 is 23.1 Å². The minimum Gasteiger partial charge on any atom is -0.494 e. The van der Waals surface area contributed by atoms with E-state index in [0.29, 0.717) is 24.0 Å². The molecule has 3 N–H and O–H groups in total. The van der Waals surface area contributed by atoms with Crippen LogP contribution >= 0.6 is 22.9 Å². The second-order valence-electron chi connectivity index (χ2n) is 10.4. The van der Waals surface area contributed by atoms with Gasteiger partial charge in [-0.3, -0.25) is 9.59 Å². The first-order chi connectivity index (χ1) is 20.2. The van der Waals surface area contributed by atoms with E-state index < -0.39 is 17.5 Å². The Morgan fingerprint density at radius 2 is 1.69 bits per heavy atom. The molecular formula is C32H32ClF2N3O3S. The number of thiophene rings is 1. The number of fused-ring (bicyclic) bond motifs is 1. The fraction of sp³-hybridized carbons (Fsp3) is 0.312. The zero-order valence-corrected chi connectivity index (χ0v) is 25.0. The number of nitrogens with zero attached hydrogens (tertiary/aromatic N) is 1. The zero-order valence-electron chi connectivity index (χ0n) is 23.4. The molecule has 0 radical (unpaired) electrons. The Kier molecular flexibility index (Phi) is 9.11. The summed E-state index contributed by atoms with van der Waals surface area (Å²) >= 11 is 7.45. The van der Waals surface area contributed by atoms with Crippen LogP contribution in [0.3, 0.4) is 0 Å². The SMILES string of the molecule is CCOc1ccc(-c2ccc(C(N)=O)cc2)cc1CN(C(=O)c1sc2c(F)ccc(F)c2c1Cl)C1CCC(NC)CC1. The Morgan fingerprint density at radius 3 is 2.31 bits per heavy atom. The average Bonchev–Trinajstić information content (AvgIpc) is 3.36. The molecule has 5 rings (SSSR count). The van der Waals surface area contributed by atoms with Gasteiger partial charge in [-0.15, -0.1) is 11.3 Å². The van der Waals surface area contributed by atoms with Crippen LogP contribution in [0.1, 0.15) is 58.2 Å². The second kappa shape index (κ2) is 12.8. The van der Waals surface area contributed by atoms with Crippen LogP contribution in [0.4, 0.5) is 8.78 Å². The van der Waals surface area contributed by atoms with Crippen LogP contribution < -0.4 is 15.8 Å². The molecule has 10 heteroatoms. The number of ether oxygens (including phenoxy) is 1. The molecule has 1 aliphatic carbocycles. The molecule has 0 saturated heterocycles. The van der Waals surface area contributed by atoms with E-state index in [2.05, 4.69) is 5.32 Å². The molecule has 1 saturated carbocycles. The highest BCUT2D eigenvalue weighted by atomic mass is 35.5. The molecule has 3 aromatic carbocycles. The number of carbonyl (C=O) groups excluding carboxylic acids is 2. The molecule has 6 nitrogen and oxygen atoms in total. The second-order valence-corrected chi connectivity index (χ2v) is 11.8. The van der Waals surface area contributed by atoms with Crippen molar-refractivity contribution in [1.82, 2.24) is 10.2 Å². The summed E-state index contributed by atoms with van der Waals surface area (Å²) in [4.78, 5) is 27.7. The van der Waals surface area contributed by atoms with E-state index in [-0.39, 0.29) is 38.5 Å². The van der Waals surface area contributed by atoms with Crippen LogP contribution in [0.2, 0.25) is 5.02 Å². The molecule has 0 bridgehead atoms. The maximum Gasteiger partial charge on any atom is 0.266 e. The van der Waals surface area contributed by atoms with Gasteiger partial charge in [-0.1, -0.05) is 29.8 Å². The molecule has 2 amide bonds. The topological polar surface area (TPSA) is 84.7 Å². The van der Waals surface area contributed by atoms with Gasteiger partial charge in [0.25, 0.3) is 5.91 Å². The van der Waals surface area contributed by atoms with Crippen molar-refractivity contribution in [2.45, 2.75) is 51.2 Å². The van der Waals surface area contributed by atoms with Crippen LogP contribution in [-0.4, -0.2) is 42.5 Å². The third kappa shape index (κ3) is 6.00. The Bertz CT molecular complexity index is 1620. The van der Waals surface area contributed by atoms with Gasteiger partial charge in [0.05, 0.1) is 21.7 Å². The summed E-state index contributed by atoms with van der Waals surface area (Å²) in [5.74, 6) is -1.52. The quantitative estimate of drug-likeness (QED) is 0.210. The summed E-state index contributed by atoms with van der Waals surface area (Å²) in [5, 5.41) is 3.18. The maximum absolute atomic E-state index is 14.7. The number of carbonyl (C=O) groups is 2. The highest BCUT2D eigenvalue weighted by Gasteiger charge is 2.33. The molecule has 1 aliphatic rings. The average molecular weight is 612 g/mol. The van der Waals surface area contributed by atoms with Crippen molar-refractivity contribution >= 4 is 44.8 Å². The lowest BCUT2D eigenvalue weighted by Gasteiger charge is -2.37. The zero-order chi connectivity index (χ0) is 30.0. The molecule has 4 aromatic rings. The molecule has 0 spiro atoms. The van der Waals surface area contributed by atoms with Gasteiger partial charge in [-0.05, 0) is 87.2 Å². The number of amides is 2. The summed E-state index contributed by atoms with van der Waals surface area (Å²) in [6.07, 6.45) is 3.30. The fourth-order valence-electron chi connectivity index (χ4n) is 5.60. The summed E-state index contributed by atoms with van der Waals surface area (Å²) < 4.78 is 35.3. The van der Waals surface area contributed by atoms with E-state index in [4.69, 9.17) is 22.1 Å². The molecule has 0 aliphatic heterocycles. The minimum atomic E-state index is -0.665. The third-order valence-electron chi connectivity index (χ3n) is 7.89. The van der Waals surface area contributed by atoms with Crippen molar-refractivity contribution in [3.05, 3.63) is 87.3 Å². The smallest absolute Gasteiger partial charge is 0.266 e. The first-order valence-corrected chi connectivity index (χ1v) is 15.1. The minimum absolute atomic E-state index is 0.0265. The monoisotopic (exact) mass is 611 g/mol. The van der Waals surface area contributed by atoms with Crippen LogP contribution in [0, 0.1) is 11.6 Å². The first kappa shape index (κ1) is 29.9. The van der Waals surface area contributed by atoms with E-state index in [1.165, 1.54) is 0 Å². The van der Waals surface area contributed by atoms with Gasteiger partial charge < -0.3 is 20.7 Å². The fourth-order valence-corrected chi connectivity index (χ4v) is 7.10. The van der Waals surface area contributed by atoms with Gasteiger partial charge >= 0.3 is 0 Å². The molecule has 0 atom stereocenters. The van der Waals surface area contributed by atoms with Crippen molar-refractivity contribution in [3.63, 3.8) is 0 Å². The molecule has 42 heavy (non-hydrogen) atoms. The number of nitrogens with one attached hydrogen (secondary N) is 1. The number of rotatable bonds is 9. The molecule has 1 aromatic heterocycles. The van der Waals surface area contributed by atoms with Crippen LogP contribution in [0.25, 0.3) is 21.2 Å². The Hall–Kier alpha value is -3.53. The van der Waals surface area contributed by atoms with E-state index >= 15 is 0 Å². The summed E-state index contributed by atoms with van der Waals surface area (Å²) in [6.45, 7) is 2.54. The Balaban J connectivity index is 1.56. The summed E-state index contributed by atoms with van der Waals surface area (Å²) in [7, 11) is 1.93. The summed E-state index contributed by atoms with van der Waals surface area (Å²) in [6, 6.07) is 15.1.